The number of halogens is 4. The highest BCUT2D eigenvalue weighted by atomic mass is 19.4. The fourth-order valence-corrected chi connectivity index (χ4v) is 3.39. The molecule has 2 saturated heterocycles. The van der Waals surface area contributed by atoms with Gasteiger partial charge in [0.25, 0.3) is 0 Å². The molecule has 6 heteroatoms. The zero-order valence-electron chi connectivity index (χ0n) is 10.7. The molecule has 0 aliphatic carbocycles. The van der Waals surface area contributed by atoms with Crippen LogP contribution in [0.3, 0.4) is 0 Å². The molecule has 2 nitrogen and oxygen atoms in total. The quantitative estimate of drug-likeness (QED) is 0.779. The standard InChI is InChI=1S/C14H15F4NO/c15-12-5-8(1-4-11(12)14(16,17)18)13(20)6-9-2-3-10(7-13)19-9/h1,4-5,9-10,19-20H,2-3,6-7H2. The van der Waals surface area contributed by atoms with E-state index >= 15 is 0 Å². The monoisotopic (exact) mass is 289 g/mol. The lowest BCUT2D eigenvalue weighted by Crippen LogP contribution is -2.46. The van der Waals surface area contributed by atoms with Gasteiger partial charge in [-0.2, -0.15) is 13.2 Å². The molecule has 0 radical (unpaired) electrons. The molecule has 0 aromatic heterocycles. The highest BCUT2D eigenvalue weighted by Gasteiger charge is 2.44. The lowest BCUT2D eigenvalue weighted by Gasteiger charge is -2.37. The van der Waals surface area contributed by atoms with Gasteiger partial charge in [0.1, 0.15) is 5.82 Å². The number of benzene rings is 1. The van der Waals surface area contributed by atoms with Gasteiger partial charge in [0.2, 0.25) is 0 Å². The van der Waals surface area contributed by atoms with Crippen molar-refractivity contribution >= 4 is 0 Å². The Hall–Kier alpha value is -1.14. The molecule has 2 fully saturated rings. The van der Waals surface area contributed by atoms with Gasteiger partial charge >= 0.3 is 6.18 Å². The summed E-state index contributed by atoms with van der Waals surface area (Å²) >= 11 is 0. The summed E-state index contributed by atoms with van der Waals surface area (Å²) in [7, 11) is 0. The van der Waals surface area contributed by atoms with E-state index in [9.17, 15) is 22.7 Å². The number of hydrogen-bond acceptors (Lipinski definition) is 2. The van der Waals surface area contributed by atoms with Crippen LogP contribution in [0.2, 0.25) is 0 Å². The van der Waals surface area contributed by atoms with Crippen molar-refractivity contribution in [2.75, 3.05) is 0 Å². The predicted octanol–water partition coefficient (Wildman–Crippen LogP) is 2.95. The third-order valence-electron chi connectivity index (χ3n) is 4.32. The number of rotatable bonds is 1. The van der Waals surface area contributed by atoms with Crippen LogP contribution in [0.5, 0.6) is 0 Å². The van der Waals surface area contributed by atoms with Crippen LogP contribution in [0.4, 0.5) is 17.6 Å². The summed E-state index contributed by atoms with van der Waals surface area (Å²) < 4.78 is 51.3. The van der Waals surface area contributed by atoms with Crippen LogP contribution in [0.1, 0.15) is 36.8 Å². The maximum absolute atomic E-state index is 13.6. The number of fused-ring (bicyclic) bond motifs is 2. The number of aliphatic hydroxyl groups is 1. The molecule has 0 amide bonds. The lowest BCUT2D eigenvalue weighted by atomic mass is 9.81. The first kappa shape index (κ1) is 13.8. The fourth-order valence-electron chi connectivity index (χ4n) is 3.39. The first-order valence-corrected chi connectivity index (χ1v) is 6.64. The average Bonchev–Trinajstić information content (AvgIpc) is 2.67. The Morgan fingerprint density at radius 1 is 1.15 bits per heavy atom. The molecular formula is C14H15F4NO. The zero-order valence-corrected chi connectivity index (χ0v) is 10.7. The van der Waals surface area contributed by atoms with E-state index < -0.39 is 23.2 Å². The minimum Gasteiger partial charge on any atom is -0.385 e. The Morgan fingerprint density at radius 2 is 1.75 bits per heavy atom. The predicted molar refractivity (Wildman–Crippen MR) is 64.5 cm³/mol. The van der Waals surface area contributed by atoms with Gasteiger partial charge in [-0.05, 0) is 43.4 Å². The fraction of sp³-hybridized carbons (Fsp3) is 0.571. The van der Waals surface area contributed by atoms with E-state index in [1.807, 2.05) is 0 Å². The molecule has 2 bridgehead atoms. The topological polar surface area (TPSA) is 32.3 Å². The Kier molecular flexibility index (Phi) is 3.06. The molecule has 2 N–H and O–H groups in total. The van der Waals surface area contributed by atoms with Crippen molar-refractivity contribution in [1.82, 2.24) is 5.32 Å². The molecular weight excluding hydrogens is 274 g/mol. The first-order valence-electron chi connectivity index (χ1n) is 6.64. The van der Waals surface area contributed by atoms with Crippen LogP contribution in [0, 0.1) is 5.82 Å². The molecule has 0 saturated carbocycles. The van der Waals surface area contributed by atoms with Gasteiger partial charge in [-0.3, -0.25) is 0 Å². The Morgan fingerprint density at radius 3 is 2.25 bits per heavy atom. The van der Waals surface area contributed by atoms with Crippen LogP contribution in [-0.2, 0) is 11.8 Å². The van der Waals surface area contributed by atoms with Gasteiger partial charge in [-0.25, -0.2) is 4.39 Å². The molecule has 2 aliphatic rings. The third-order valence-corrected chi connectivity index (χ3v) is 4.32. The summed E-state index contributed by atoms with van der Waals surface area (Å²) in [5.74, 6) is -1.32. The molecule has 110 valence electrons. The maximum Gasteiger partial charge on any atom is 0.419 e. The van der Waals surface area contributed by atoms with Gasteiger partial charge in [0.05, 0.1) is 11.2 Å². The van der Waals surface area contributed by atoms with Crippen molar-refractivity contribution in [2.45, 2.75) is 49.5 Å². The normalized spacial score (nSPS) is 33.5. The second-order valence-electron chi connectivity index (χ2n) is 5.77. The number of piperidine rings is 1. The lowest BCUT2D eigenvalue weighted by molar-refractivity contribution is -0.140. The Balaban J connectivity index is 1.93. The average molecular weight is 289 g/mol. The van der Waals surface area contributed by atoms with E-state index in [-0.39, 0.29) is 17.6 Å². The summed E-state index contributed by atoms with van der Waals surface area (Å²) in [5.41, 5.74) is -2.29. The molecule has 1 aromatic carbocycles. The van der Waals surface area contributed by atoms with Crippen LogP contribution in [0.15, 0.2) is 18.2 Å². The minimum atomic E-state index is -4.71. The Bertz CT molecular complexity index is 516. The second kappa shape index (κ2) is 4.43. The Labute approximate surface area is 113 Å². The smallest absolute Gasteiger partial charge is 0.385 e. The molecule has 1 aromatic rings. The molecule has 3 rings (SSSR count). The van der Waals surface area contributed by atoms with Crippen molar-refractivity contribution in [3.05, 3.63) is 35.1 Å². The molecule has 2 unspecified atom stereocenters. The van der Waals surface area contributed by atoms with Crippen LogP contribution in [0.25, 0.3) is 0 Å². The van der Waals surface area contributed by atoms with E-state index in [2.05, 4.69) is 5.32 Å². The van der Waals surface area contributed by atoms with Crippen molar-refractivity contribution < 1.29 is 22.7 Å². The van der Waals surface area contributed by atoms with Gasteiger partial charge in [0, 0.05) is 12.1 Å². The summed E-state index contributed by atoms with van der Waals surface area (Å²) in [6.45, 7) is 0. The zero-order chi connectivity index (χ0) is 14.5. The summed E-state index contributed by atoms with van der Waals surface area (Å²) in [6, 6.07) is 3.05. The highest BCUT2D eigenvalue weighted by molar-refractivity contribution is 5.31. The van der Waals surface area contributed by atoms with E-state index in [1.165, 1.54) is 6.07 Å². The van der Waals surface area contributed by atoms with Crippen molar-refractivity contribution in [3.8, 4) is 0 Å². The van der Waals surface area contributed by atoms with E-state index in [0.717, 1.165) is 18.9 Å². The minimum absolute atomic E-state index is 0.157. The van der Waals surface area contributed by atoms with Crippen LogP contribution < -0.4 is 5.32 Å². The molecule has 2 aliphatic heterocycles. The van der Waals surface area contributed by atoms with Gasteiger partial charge in [-0.1, -0.05) is 6.07 Å². The first-order chi connectivity index (χ1) is 9.28. The highest BCUT2D eigenvalue weighted by Crippen LogP contribution is 2.42. The second-order valence-corrected chi connectivity index (χ2v) is 5.77. The van der Waals surface area contributed by atoms with E-state index in [1.54, 1.807) is 0 Å². The van der Waals surface area contributed by atoms with Crippen molar-refractivity contribution in [2.24, 2.45) is 0 Å². The van der Waals surface area contributed by atoms with E-state index in [4.69, 9.17) is 0 Å². The molecule has 2 atom stereocenters. The van der Waals surface area contributed by atoms with Crippen LogP contribution in [-0.4, -0.2) is 17.2 Å². The summed E-state index contributed by atoms with van der Waals surface area (Å²) in [5, 5.41) is 14.0. The van der Waals surface area contributed by atoms with Crippen LogP contribution >= 0.6 is 0 Å². The van der Waals surface area contributed by atoms with E-state index in [0.29, 0.717) is 18.9 Å². The number of alkyl halides is 3. The molecule has 20 heavy (non-hydrogen) atoms. The van der Waals surface area contributed by atoms with Crippen molar-refractivity contribution in [1.29, 1.82) is 0 Å². The number of hydrogen-bond donors (Lipinski definition) is 2. The summed E-state index contributed by atoms with van der Waals surface area (Å²) in [4.78, 5) is 0. The van der Waals surface area contributed by atoms with Crippen molar-refractivity contribution in [3.63, 3.8) is 0 Å². The third kappa shape index (κ3) is 2.31. The molecule has 2 heterocycles. The molecule has 0 spiro atoms. The van der Waals surface area contributed by atoms with Gasteiger partial charge in [-0.15, -0.1) is 0 Å². The van der Waals surface area contributed by atoms with Gasteiger partial charge < -0.3 is 10.4 Å². The number of nitrogens with one attached hydrogen (secondary N) is 1. The SMILES string of the molecule is OC1(c2ccc(C(F)(F)F)c(F)c2)CC2CCC(C1)N2. The largest absolute Gasteiger partial charge is 0.419 e. The maximum atomic E-state index is 13.6. The van der Waals surface area contributed by atoms with Gasteiger partial charge in [0.15, 0.2) is 0 Å². The summed E-state index contributed by atoms with van der Waals surface area (Å²) in [6.07, 6.45) is -2.01.